The first-order valence-corrected chi connectivity index (χ1v) is 7.17. The normalized spacial score (nSPS) is 21.5. The van der Waals surface area contributed by atoms with Crippen LogP contribution in [0.5, 0.6) is 0 Å². The topological polar surface area (TPSA) is 78.4 Å². The van der Waals surface area contributed by atoms with Gasteiger partial charge in [0, 0.05) is 5.25 Å². The summed E-state index contributed by atoms with van der Waals surface area (Å²) < 4.78 is 15.5. The van der Waals surface area contributed by atoms with E-state index in [4.69, 9.17) is 13.6 Å². The molecule has 3 rings (SSSR count). The Labute approximate surface area is 119 Å². The number of hydrogen-bond acceptors (Lipinski definition) is 7. The summed E-state index contributed by atoms with van der Waals surface area (Å²) in [6.45, 7) is 1.85. The van der Waals surface area contributed by atoms with Crippen molar-refractivity contribution in [3.63, 3.8) is 0 Å². The molecule has 0 N–H and O–H groups in total. The molecule has 106 valence electrons. The third-order valence-corrected chi connectivity index (χ3v) is 4.48. The number of rotatable bonds is 4. The van der Waals surface area contributed by atoms with E-state index in [-0.39, 0.29) is 11.9 Å². The molecule has 2 aromatic rings. The van der Waals surface area contributed by atoms with Gasteiger partial charge in [-0.05, 0) is 25.8 Å². The van der Waals surface area contributed by atoms with E-state index >= 15 is 0 Å². The standard InChI is InChI=1S/C13H14N2O4S/c1-7-10(3-4-18-7)11-14-15-13(19-11)20-9-5-8(6-9)12(16)17-2/h3-4,8-9H,5-6H2,1-2H3. The summed E-state index contributed by atoms with van der Waals surface area (Å²) in [4.78, 5) is 11.3. The van der Waals surface area contributed by atoms with Crippen LogP contribution in [0, 0.1) is 12.8 Å². The first-order valence-electron chi connectivity index (χ1n) is 6.30. The van der Waals surface area contributed by atoms with Crippen molar-refractivity contribution in [2.75, 3.05) is 7.11 Å². The molecule has 0 aromatic carbocycles. The van der Waals surface area contributed by atoms with Gasteiger partial charge in [-0.25, -0.2) is 0 Å². The zero-order valence-electron chi connectivity index (χ0n) is 11.2. The van der Waals surface area contributed by atoms with E-state index in [1.54, 1.807) is 12.3 Å². The molecule has 0 saturated heterocycles. The molecule has 6 nitrogen and oxygen atoms in total. The van der Waals surface area contributed by atoms with E-state index in [0.717, 1.165) is 24.2 Å². The maximum Gasteiger partial charge on any atom is 0.308 e. The Balaban J connectivity index is 1.60. The zero-order chi connectivity index (χ0) is 14.1. The Morgan fingerprint density at radius 2 is 2.25 bits per heavy atom. The quantitative estimate of drug-likeness (QED) is 0.802. The lowest BCUT2D eigenvalue weighted by Gasteiger charge is -2.31. The molecule has 0 amide bonds. The molecule has 0 radical (unpaired) electrons. The van der Waals surface area contributed by atoms with Gasteiger partial charge in [0.25, 0.3) is 11.1 Å². The number of thioether (sulfide) groups is 1. The Hall–Kier alpha value is -1.76. The maximum atomic E-state index is 11.3. The number of methoxy groups -OCH3 is 1. The number of hydrogen-bond donors (Lipinski definition) is 0. The van der Waals surface area contributed by atoms with Gasteiger partial charge in [0.1, 0.15) is 5.76 Å². The largest absolute Gasteiger partial charge is 0.469 e. The van der Waals surface area contributed by atoms with E-state index in [1.165, 1.54) is 18.9 Å². The van der Waals surface area contributed by atoms with Gasteiger partial charge in [-0.15, -0.1) is 10.2 Å². The highest BCUT2D eigenvalue weighted by atomic mass is 32.2. The Bertz CT molecular complexity index is 615. The predicted octanol–water partition coefficient (Wildman–Crippen LogP) is 2.68. The van der Waals surface area contributed by atoms with Crippen LogP contribution < -0.4 is 0 Å². The third-order valence-electron chi connectivity index (χ3n) is 3.39. The molecular weight excluding hydrogens is 280 g/mol. The Morgan fingerprint density at radius 3 is 2.90 bits per heavy atom. The van der Waals surface area contributed by atoms with E-state index in [1.807, 2.05) is 6.92 Å². The van der Waals surface area contributed by atoms with Crippen LogP contribution in [0.15, 0.2) is 26.4 Å². The zero-order valence-corrected chi connectivity index (χ0v) is 12.0. The average molecular weight is 294 g/mol. The molecular formula is C13H14N2O4S. The van der Waals surface area contributed by atoms with Crippen LogP contribution in [0.3, 0.4) is 0 Å². The van der Waals surface area contributed by atoms with Gasteiger partial charge in [-0.2, -0.15) is 0 Å². The second-order valence-corrected chi connectivity index (χ2v) is 5.95. The predicted molar refractivity (Wildman–Crippen MR) is 71.1 cm³/mol. The molecule has 1 saturated carbocycles. The van der Waals surface area contributed by atoms with Gasteiger partial charge in [-0.1, -0.05) is 11.8 Å². The molecule has 0 aliphatic heterocycles. The number of furan rings is 1. The van der Waals surface area contributed by atoms with Crippen molar-refractivity contribution in [3.05, 3.63) is 18.1 Å². The monoisotopic (exact) mass is 294 g/mol. The summed E-state index contributed by atoms with van der Waals surface area (Å²) in [5.74, 6) is 1.08. The smallest absolute Gasteiger partial charge is 0.308 e. The average Bonchev–Trinajstić information content (AvgIpc) is 3.01. The van der Waals surface area contributed by atoms with E-state index in [0.29, 0.717) is 16.4 Å². The SMILES string of the molecule is COC(=O)C1CC(Sc2nnc(-c3ccoc3C)o2)C1. The molecule has 0 atom stereocenters. The van der Waals surface area contributed by atoms with Crippen LogP contribution in [-0.4, -0.2) is 28.5 Å². The van der Waals surface area contributed by atoms with Crippen molar-refractivity contribution in [1.29, 1.82) is 0 Å². The number of carbonyl (C=O) groups excluding carboxylic acids is 1. The van der Waals surface area contributed by atoms with Crippen LogP contribution >= 0.6 is 11.8 Å². The molecule has 1 aliphatic rings. The van der Waals surface area contributed by atoms with Crippen molar-refractivity contribution in [2.24, 2.45) is 5.92 Å². The fraction of sp³-hybridized carbons (Fsp3) is 0.462. The highest BCUT2D eigenvalue weighted by molar-refractivity contribution is 7.99. The fourth-order valence-corrected chi connectivity index (χ4v) is 3.29. The Kier molecular flexibility index (Phi) is 3.52. The maximum absolute atomic E-state index is 11.3. The molecule has 1 aliphatic carbocycles. The lowest BCUT2D eigenvalue weighted by Crippen LogP contribution is -2.33. The van der Waals surface area contributed by atoms with E-state index < -0.39 is 0 Å². The summed E-state index contributed by atoms with van der Waals surface area (Å²) in [6.07, 6.45) is 3.17. The van der Waals surface area contributed by atoms with Gasteiger partial charge in [0.2, 0.25) is 0 Å². The van der Waals surface area contributed by atoms with Crippen molar-refractivity contribution in [3.8, 4) is 11.5 Å². The highest BCUT2D eigenvalue weighted by Gasteiger charge is 2.36. The van der Waals surface area contributed by atoms with Crippen LogP contribution in [0.2, 0.25) is 0 Å². The fourth-order valence-electron chi connectivity index (χ4n) is 2.14. The van der Waals surface area contributed by atoms with E-state index in [2.05, 4.69) is 10.2 Å². The number of carbonyl (C=O) groups is 1. The number of nitrogens with zero attached hydrogens (tertiary/aromatic N) is 2. The molecule has 0 spiro atoms. The van der Waals surface area contributed by atoms with Gasteiger partial charge in [0.15, 0.2) is 0 Å². The van der Waals surface area contributed by atoms with Crippen molar-refractivity contribution >= 4 is 17.7 Å². The lowest BCUT2D eigenvalue weighted by atomic mass is 9.85. The molecule has 1 fully saturated rings. The Morgan fingerprint density at radius 1 is 1.45 bits per heavy atom. The minimum atomic E-state index is -0.137. The summed E-state index contributed by atoms with van der Waals surface area (Å²) in [7, 11) is 1.42. The van der Waals surface area contributed by atoms with Gasteiger partial charge >= 0.3 is 5.97 Å². The summed E-state index contributed by atoms with van der Waals surface area (Å²) in [5, 5.41) is 8.88. The second kappa shape index (κ2) is 5.32. The molecule has 2 aromatic heterocycles. The second-order valence-electron chi connectivity index (χ2n) is 4.69. The minimum Gasteiger partial charge on any atom is -0.469 e. The summed E-state index contributed by atoms with van der Waals surface area (Å²) >= 11 is 1.51. The summed E-state index contributed by atoms with van der Waals surface area (Å²) in [6, 6.07) is 1.80. The van der Waals surface area contributed by atoms with Crippen LogP contribution in [0.25, 0.3) is 11.5 Å². The molecule has 7 heteroatoms. The van der Waals surface area contributed by atoms with Crippen LogP contribution in [0.1, 0.15) is 18.6 Å². The van der Waals surface area contributed by atoms with Crippen molar-refractivity contribution in [1.82, 2.24) is 10.2 Å². The first kappa shape index (κ1) is 13.2. The summed E-state index contributed by atoms with van der Waals surface area (Å²) in [5.41, 5.74) is 0.811. The molecule has 20 heavy (non-hydrogen) atoms. The first-order chi connectivity index (χ1) is 9.67. The number of ether oxygens (including phenoxy) is 1. The molecule has 0 unspecified atom stereocenters. The van der Waals surface area contributed by atoms with Gasteiger partial charge in [-0.3, -0.25) is 4.79 Å². The van der Waals surface area contributed by atoms with Crippen LogP contribution in [-0.2, 0) is 9.53 Å². The number of esters is 1. The highest BCUT2D eigenvalue weighted by Crippen LogP contribution is 2.41. The lowest BCUT2D eigenvalue weighted by molar-refractivity contribution is -0.148. The van der Waals surface area contributed by atoms with E-state index in [9.17, 15) is 4.79 Å². The number of aromatic nitrogens is 2. The third kappa shape index (κ3) is 2.45. The number of aryl methyl sites for hydroxylation is 1. The van der Waals surface area contributed by atoms with Gasteiger partial charge in [0.05, 0.1) is 24.9 Å². The van der Waals surface area contributed by atoms with Crippen molar-refractivity contribution in [2.45, 2.75) is 30.2 Å². The minimum absolute atomic E-state index is 0.0102. The molecule has 2 heterocycles. The molecule has 0 bridgehead atoms. The van der Waals surface area contributed by atoms with Crippen molar-refractivity contribution < 1.29 is 18.4 Å². The van der Waals surface area contributed by atoms with Crippen LogP contribution in [0.4, 0.5) is 0 Å². The van der Waals surface area contributed by atoms with Gasteiger partial charge < -0.3 is 13.6 Å².